The van der Waals surface area contributed by atoms with Gasteiger partial charge in [0.25, 0.3) is 5.56 Å². The molecule has 0 bridgehead atoms. The minimum atomic E-state index is -4.79. The Morgan fingerprint density at radius 2 is 2.21 bits per heavy atom. The Labute approximate surface area is 196 Å². The Bertz CT molecular complexity index is 1110. The van der Waals surface area contributed by atoms with E-state index in [1.54, 1.807) is 10.8 Å². The van der Waals surface area contributed by atoms with Gasteiger partial charge in [-0.3, -0.25) is 23.8 Å². The van der Waals surface area contributed by atoms with E-state index >= 15 is 0 Å². The van der Waals surface area contributed by atoms with Crippen molar-refractivity contribution < 1.29 is 37.2 Å². The minimum absolute atomic E-state index is 0.0154. The molecule has 3 heterocycles. The number of rotatable bonds is 10. The summed E-state index contributed by atoms with van der Waals surface area (Å²) in [6.45, 7) is 5.72. The van der Waals surface area contributed by atoms with Gasteiger partial charge in [-0.15, -0.1) is 4.89 Å². The van der Waals surface area contributed by atoms with Crippen LogP contribution in [0.3, 0.4) is 0 Å². The molecule has 1 fully saturated rings. The van der Waals surface area contributed by atoms with Gasteiger partial charge in [0.1, 0.15) is 18.3 Å². The fourth-order valence-corrected chi connectivity index (χ4v) is 6.18. The summed E-state index contributed by atoms with van der Waals surface area (Å²) < 4.78 is 44.7. The Morgan fingerprint density at radius 3 is 2.88 bits per heavy atom. The molecule has 33 heavy (non-hydrogen) atoms. The number of nitrogens with two attached hydrogens (primary N) is 1. The van der Waals surface area contributed by atoms with Crippen LogP contribution < -0.4 is 11.3 Å². The maximum Gasteiger partial charge on any atom is 0.705 e. The van der Waals surface area contributed by atoms with E-state index in [-0.39, 0.29) is 28.3 Å². The molecule has 1 saturated heterocycles. The summed E-state index contributed by atoms with van der Waals surface area (Å²) in [6.07, 6.45) is -0.469. The van der Waals surface area contributed by atoms with Crippen LogP contribution in [0.2, 0.25) is 0 Å². The molecule has 18 heteroatoms. The first-order chi connectivity index (χ1) is 15.3. The fraction of sp³-hybridized carbons (Fsp3) is 0.667. The number of aromatic nitrogens is 4. The number of nitrogen functional groups attached to an aromatic ring is 1. The molecule has 5 atom stereocenters. The quantitative estimate of drug-likeness (QED) is 0.147. The summed E-state index contributed by atoms with van der Waals surface area (Å²) in [6, 6.07) is 0. The summed E-state index contributed by atoms with van der Waals surface area (Å²) >= 11 is 0. The normalized spacial score (nSPS) is 23.7. The fourth-order valence-electron chi connectivity index (χ4n) is 2.95. The molecule has 0 amide bonds. The SMILES string of the molecule is CC(C)(C)SSCO[C@@H]1C[C@H](n2cnc3c(=O)[nH]c(N)nc32)O[C@@H]1COP(=O)(O)O[P+](=O)O. The van der Waals surface area contributed by atoms with Crippen LogP contribution in [0.15, 0.2) is 11.1 Å². The van der Waals surface area contributed by atoms with Crippen LogP contribution in [0.4, 0.5) is 5.95 Å². The lowest BCUT2D eigenvalue weighted by molar-refractivity contribution is -0.0519. The van der Waals surface area contributed by atoms with E-state index in [0.717, 1.165) is 0 Å². The van der Waals surface area contributed by atoms with E-state index < -0.39 is 46.7 Å². The van der Waals surface area contributed by atoms with E-state index in [1.165, 1.54) is 21.7 Å². The van der Waals surface area contributed by atoms with Crippen LogP contribution in [-0.4, -0.2) is 58.8 Å². The molecule has 0 radical (unpaired) electrons. The Kier molecular flexibility index (Phi) is 8.60. The van der Waals surface area contributed by atoms with E-state index in [2.05, 4.69) is 40.0 Å². The monoisotopic (exact) mass is 544 g/mol. The van der Waals surface area contributed by atoms with Crippen molar-refractivity contribution in [1.29, 1.82) is 0 Å². The van der Waals surface area contributed by atoms with Crippen molar-refractivity contribution in [2.24, 2.45) is 0 Å². The molecule has 1 aliphatic heterocycles. The summed E-state index contributed by atoms with van der Waals surface area (Å²) in [4.78, 5) is 40.9. The Balaban J connectivity index is 1.75. The first kappa shape index (κ1) is 26.5. The third kappa shape index (κ3) is 7.46. The number of imidazole rings is 1. The van der Waals surface area contributed by atoms with Crippen molar-refractivity contribution in [2.75, 3.05) is 18.3 Å². The van der Waals surface area contributed by atoms with Crippen LogP contribution in [0.1, 0.15) is 33.4 Å². The van der Waals surface area contributed by atoms with Crippen molar-refractivity contribution in [3.05, 3.63) is 16.7 Å². The largest absolute Gasteiger partial charge is 0.705 e. The van der Waals surface area contributed by atoms with Gasteiger partial charge in [-0.2, -0.15) is 4.98 Å². The van der Waals surface area contributed by atoms with Crippen molar-refractivity contribution in [1.82, 2.24) is 19.5 Å². The van der Waals surface area contributed by atoms with Gasteiger partial charge in [0, 0.05) is 15.7 Å². The number of hydrogen-bond donors (Lipinski definition) is 4. The second-order valence-corrected chi connectivity index (χ2v) is 13.3. The van der Waals surface area contributed by atoms with E-state index in [4.69, 9.17) is 24.6 Å². The van der Waals surface area contributed by atoms with E-state index in [9.17, 15) is 18.8 Å². The zero-order valence-electron chi connectivity index (χ0n) is 17.8. The topological polar surface area (TPSA) is 201 Å². The van der Waals surface area contributed by atoms with Crippen LogP contribution in [0.5, 0.6) is 0 Å². The molecule has 5 N–H and O–H groups in total. The van der Waals surface area contributed by atoms with Crippen LogP contribution in [0, 0.1) is 0 Å². The Morgan fingerprint density at radius 1 is 1.48 bits per heavy atom. The highest BCUT2D eigenvalue weighted by molar-refractivity contribution is 8.77. The molecular formula is C15H24N5O9P2S2+. The van der Waals surface area contributed by atoms with Gasteiger partial charge in [0.15, 0.2) is 11.2 Å². The van der Waals surface area contributed by atoms with Gasteiger partial charge in [0.05, 0.1) is 19.0 Å². The van der Waals surface area contributed by atoms with Crippen LogP contribution in [0.25, 0.3) is 11.2 Å². The number of H-pyrrole nitrogens is 1. The lowest BCUT2D eigenvalue weighted by Gasteiger charge is -2.20. The molecule has 0 aromatic carbocycles. The molecule has 184 valence electrons. The van der Waals surface area contributed by atoms with Crippen LogP contribution >= 0.6 is 37.7 Å². The average Bonchev–Trinajstić information content (AvgIpc) is 3.25. The van der Waals surface area contributed by atoms with Gasteiger partial charge in [-0.25, -0.2) is 9.55 Å². The van der Waals surface area contributed by atoms with Crippen molar-refractivity contribution in [2.45, 2.75) is 50.4 Å². The zero-order valence-corrected chi connectivity index (χ0v) is 21.2. The van der Waals surface area contributed by atoms with E-state index in [0.29, 0.717) is 5.94 Å². The van der Waals surface area contributed by atoms with Gasteiger partial charge in [-0.1, -0.05) is 42.4 Å². The predicted octanol–water partition coefficient (Wildman–Crippen LogP) is 2.30. The standard InChI is InChI=1S/C15H23N5O9P2S2/c1-15(2,3)33-32-7-26-8-4-10(28-9(8)5-27-31(24,25)29-30(22)23)20-6-17-11-12(20)18-14(16)19-13(11)21/h6,8-10H,4-5,7H2,1-3H3,(H4-,16,18,19,21,22,23,24,25)/p+1/t8-,9-,10-/m1/s1. The first-order valence-electron chi connectivity index (χ1n) is 9.48. The molecule has 2 unspecified atom stereocenters. The number of nitrogens with one attached hydrogen (secondary N) is 1. The molecular weight excluding hydrogens is 520 g/mol. The van der Waals surface area contributed by atoms with Crippen molar-refractivity contribution in [3.8, 4) is 0 Å². The number of fused-ring (bicyclic) bond motifs is 1. The lowest BCUT2D eigenvalue weighted by atomic mass is 10.2. The number of ether oxygens (including phenoxy) is 2. The first-order valence-corrected chi connectivity index (χ1v) is 14.4. The Hall–Kier alpha value is -1.06. The molecule has 0 spiro atoms. The van der Waals surface area contributed by atoms with E-state index in [1.807, 2.05) is 0 Å². The molecule has 1 aliphatic rings. The summed E-state index contributed by atoms with van der Waals surface area (Å²) in [5.41, 5.74) is 5.41. The highest BCUT2D eigenvalue weighted by Gasteiger charge is 2.42. The van der Waals surface area contributed by atoms with Gasteiger partial charge in [0.2, 0.25) is 5.95 Å². The second kappa shape index (κ2) is 10.7. The minimum Gasteiger partial charge on any atom is -0.369 e. The van der Waals surface area contributed by atoms with Gasteiger partial charge >= 0.3 is 16.1 Å². The predicted molar refractivity (Wildman–Crippen MR) is 122 cm³/mol. The maximum atomic E-state index is 12.1. The summed E-state index contributed by atoms with van der Waals surface area (Å²) in [5.74, 6) is 0.205. The van der Waals surface area contributed by atoms with Gasteiger partial charge in [-0.05, 0) is 4.31 Å². The third-order valence-electron chi connectivity index (χ3n) is 4.16. The molecule has 0 saturated carbocycles. The molecule has 3 rings (SSSR count). The summed E-state index contributed by atoms with van der Waals surface area (Å²) in [5, 5.41) is 0. The maximum absolute atomic E-state index is 12.1. The number of nitrogens with zero attached hydrogens (tertiary/aromatic N) is 3. The van der Waals surface area contributed by atoms with Gasteiger partial charge < -0.3 is 15.2 Å². The molecule has 0 aliphatic carbocycles. The number of hydrogen-bond acceptors (Lipinski definition) is 12. The number of phosphoric ester groups is 1. The van der Waals surface area contributed by atoms with Crippen LogP contribution in [-0.2, 0) is 27.4 Å². The molecule has 2 aromatic heterocycles. The smallest absolute Gasteiger partial charge is 0.369 e. The highest BCUT2D eigenvalue weighted by Crippen LogP contribution is 2.51. The molecule has 2 aromatic rings. The number of phosphoric acid groups is 1. The second-order valence-electron chi connectivity index (χ2n) is 7.86. The van der Waals surface area contributed by atoms with Crippen molar-refractivity contribution >= 4 is 54.8 Å². The number of aromatic amines is 1. The molecule has 14 nitrogen and oxygen atoms in total. The lowest BCUT2D eigenvalue weighted by Crippen LogP contribution is -2.28. The van der Waals surface area contributed by atoms with Crippen molar-refractivity contribution in [3.63, 3.8) is 0 Å². The summed E-state index contributed by atoms with van der Waals surface area (Å²) in [7, 11) is -5.01. The number of anilines is 1. The highest BCUT2D eigenvalue weighted by atomic mass is 33.1. The zero-order chi connectivity index (χ0) is 24.4. The average molecular weight is 544 g/mol. The third-order valence-corrected chi connectivity index (χ3v) is 9.01.